The second kappa shape index (κ2) is 7.55. The molecule has 2 atom stereocenters. The Kier molecular flexibility index (Phi) is 5.48. The topological polar surface area (TPSA) is 62.1 Å². The van der Waals surface area contributed by atoms with E-state index in [9.17, 15) is 13.6 Å². The lowest BCUT2D eigenvalue weighted by Gasteiger charge is -2.19. The molecule has 2 aromatic rings. The molecule has 0 aliphatic rings. The van der Waals surface area contributed by atoms with Gasteiger partial charge in [-0.05, 0) is 44.2 Å². The SMILES string of the molecule is CC(Oc1ccc(C#N)cc1)C(=O)NC(C)c1ccc(F)cc1F. The Morgan fingerprint density at radius 3 is 2.42 bits per heavy atom. The van der Waals surface area contributed by atoms with Crippen molar-refractivity contribution in [2.24, 2.45) is 0 Å². The molecule has 0 aliphatic carbocycles. The van der Waals surface area contributed by atoms with Crippen LogP contribution in [0.5, 0.6) is 5.75 Å². The monoisotopic (exact) mass is 330 g/mol. The summed E-state index contributed by atoms with van der Waals surface area (Å²) in [6.07, 6.45) is -0.816. The summed E-state index contributed by atoms with van der Waals surface area (Å²) >= 11 is 0. The van der Waals surface area contributed by atoms with E-state index < -0.39 is 29.7 Å². The van der Waals surface area contributed by atoms with Gasteiger partial charge in [0.1, 0.15) is 17.4 Å². The summed E-state index contributed by atoms with van der Waals surface area (Å²) in [6.45, 7) is 3.16. The second-order valence-electron chi connectivity index (χ2n) is 5.29. The fraction of sp³-hybridized carbons (Fsp3) is 0.222. The first-order chi connectivity index (χ1) is 11.4. The van der Waals surface area contributed by atoms with Crippen molar-refractivity contribution in [1.82, 2.24) is 5.32 Å². The van der Waals surface area contributed by atoms with Gasteiger partial charge in [-0.25, -0.2) is 8.78 Å². The number of amides is 1. The van der Waals surface area contributed by atoms with Gasteiger partial charge in [0.15, 0.2) is 6.10 Å². The molecule has 0 radical (unpaired) electrons. The fourth-order valence-corrected chi connectivity index (χ4v) is 2.13. The van der Waals surface area contributed by atoms with E-state index in [-0.39, 0.29) is 5.56 Å². The third-order valence-corrected chi connectivity index (χ3v) is 3.45. The van der Waals surface area contributed by atoms with Crippen LogP contribution in [0.1, 0.15) is 31.0 Å². The highest BCUT2D eigenvalue weighted by molar-refractivity contribution is 5.81. The van der Waals surface area contributed by atoms with Crippen molar-refractivity contribution in [3.63, 3.8) is 0 Å². The molecule has 0 saturated carbocycles. The number of rotatable bonds is 5. The number of hydrogen-bond donors (Lipinski definition) is 1. The normalized spacial score (nSPS) is 12.8. The summed E-state index contributed by atoms with van der Waals surface area (Å²) in [7, 11) is 0. The molecule has 24 heavy (non-hydrogen) atoms. The van der Waals surface area contributed by atoms with Crippen LogP contribution in [0.15, 0.2) is 42.5 Å². The molecule has 0 fully saturated rings. The van der Waals surface area contributed by atoms with Crippen molar-refractivity contribution in [3.8, 4) is 11.8 Å². The molecule has 2 unspecified atom stereocenters. The highest BCUT2D eigenvalue weighted by Gasteiger charge is 2.19. The molecule has 124 valence electrons. The number of benzene rings is 2. The molecular formula is C18H16F2N2O2. The molecule has 0 saturated heterocycles. The molecule has 2 aromatic carbocycles. The zero-order valence-corrected chi connectivity index (χ0v) is 13.2. The number of nitriles is 1. The maximum absolute atomic E-state index is 13.7. The summed E-state index contributed by atoms with van der Waals surface area (Å²) < 4.78 is 32.1. The number of halogens is 2. The van der Waals surface area contributed by atoms with Gasteiger partial charge in [-0.3, -0.25) is 4.79 Å². The molecule has 0 aliphatic heterocycles. The van der Waals surface area contributed by atoms with Crippen molar-refractivity contribution < 1.29 is 18.3 Å². The van der Waals surface area contributed by atoms with Crippen molar-refractivity contribution in [2.75, 3.05) is 0 Å². The molecule has 1 amide bonds. The van der Waals surface area contributed by atoms with Crippen LogP contribution >= 0.6 is 0 Å². The van der Waals surface area contributed by atoms with Crippen LogP contribution in [0.2, 0.25) is 0 Å². The van der Waals surface area contributed by atoms with E-state index in [2.05, 4.69) is 5.32 Å². The van der Waals surface area contributed by atoms with Gasteiger partial charge in [-0.15, -0.1) is 0 Å². The average molecular weight is 330 g/mol. The maximum atomic E-state index is 13.7. The van der Waals surface area contributed by atoms with Crippen LogP contribution in [0, 0.1) is 23.0 Å². The predicted octanol–water partition coefficient (Wildman–Crippen LogP) is 3.48. The highest BCUT2D eigenvalue weighted by atomic mass is 19.1. The van der Waals surface area contributed by atoms with E-state index in [0.29, 0.717) is 11.3 Å². The summed E-state index contributed by atoms with van der Waals surface area (Å²) in [4.78, 5) is 12.1. The lowest BCUT2D eigenvalue weighted by atomic mass is 10.1. The Morgan fingerprint density at radius 1 is 1.17 bits per heavy atom. The van der Waals surface area contributed by atoms with Gasteiger partial charge in [0, 0.05) is 11.6 Å². The maximum Gasteiger partial charge on any atom is 0.261 e. The molecule has 6 heteroatoms. The standard InChI is InChI=1S/C18H16F2N2O2/c1-11(16-8-5-14(19)9-17(16)20)22-18(23)12(2)24-15-6-3-13(10-21)4-7-15/h3-9,11-12H,1-2H3,(H,22,23). The summed E-state index contributed by atoms with van der Waals surface area (Å²) in [6, 6.07) is 10.9. The molecule has 0 heterocycles. The smallest absolute Gasteiger partial charge is 0.261 e. The van der Waals surface area contributed by atoms with E-state index in [1.807, 2.05) is 6.07 Å². The van der Waals surface area contributed by atoms with Crippen LogP contribution < -0.4 is 10.1 Å². The van der Waals surface area contributed by atoms with Crippen molar-refractivity contribution >= 4 is 5.91 Å². The Labute approximate surface area is 138 Å². The quantitative estimate of drug-likeness (QED) is 0.913. The van der Waals surface area contributed by atoms with Gasteiger partial charge in [0.2, 0.25) is 0 Å². The second-order valence-corrected chi connectivity index (χ2v) is 5.29. The van der Waals surface area contributed by atoms with Gasteiger partial charge in [0.25, 0.3) is 5.91 Å². The molecular weight excluding hydrogens is 314 g/mol. The first kappa shape index (κ1) is 17.4. The Bertz CT molecular complexity index is 770. The number of nitrogens with one attached hydrogen (secondary N) is 1. The van der Waals surface area contributed by atoms with E-state index >= 15 is 0 Å². The molecule has 0 aromatic heterocycles. The van der Waals surface area contributed by atoms with Gasteiger partial charge in [0.05, 0.1) is 17.7 Å². The van der Waals surface area contributed by atoms with E-state index in [1.165, 1.54) is 6.07 Å². The number of carbonyl (C=O) groups is 1. The lowest BCUT2D eigenvalue weighted by Crippen LogP contribution is -2.38. The fourth-order valence-electron chi connectivity index (χ4n) is 2.13. The van der Waals surface area contributed by atoms with Crippen LogP contribution in [0.25, 0.3) is 0 Å². The predicted molar refractivity (Wildman–Crippen MR) is 84.2 cm³/mol. The third-order valence-electron chi connectivity index (χ3n) is 3.45. The van der Waals surface area contributed by atoms with E-state index in [0.717, 1.165) is 12.1 Å². The van der Waals surface area contributed by atoms with Crippen molar-refractivity contribution in [3.05, 3.63) is 65.2 Å². The van der Waals surface area contributed by atoms with Crippen molar-refractivity contribution in [2.45, 2.75) is 26.0 Å². The largest absolute Gasteiger partial charge is 0.481 e. The minimum atomic E-state index is -0.816. The van der Waals surface area contributed by atoms with Crippen molar-refractivity contribution in [1.29, 1.82) is 5.26 Å². The minimum Gasteiger partial charge on any atom is -0.481 e. The Balaban J connectivity index is 1.98. The summed E-state index contributed by atoms with van der Waals surface area (Å²) in [5.41, 5.74) is 0.676. The number of hydrogen-bond acceptors (Lipinski definition) is 3. The van der Waals surface area contributed by atoms with Crippen LogP contribution in [-0.4, -0.2) is 12.0 Å². The molecule has 0 spiro atoms. The first-order valence-electron chi connectivity index (χ1n) is 7.33. The third kappa shape index (κ3) is 4.29. The van der Waals surface area contributed by atoms with Gasteiger partial charge < -0.3 is 10.1 Å². The summed E-state index contributed by atoms with van der Waals surface area (Å²) in [5.74, 6) is -1.39. The highest BCUT2D eigenvalue weighted by Crippen LogP contribution is 2.18. The van der Waals surface area contributed by atoms with E-state index in [1.54, 1.807) is 38.1 Å². The van der Waals surface area contributed by atoms with Crippen LogP contribution in [0.3, 0.4) is 0 Å². The Hall–Kier alpha value is -2.94. The molecule has 1 N–H and O–H groups in total. The zero-order valence-electron chi connectivity index (χ0n) is 13.2. The first-order valence-corrected chi connectivity index (χ1v) is 7.33. The van der Waals surface area contributed by atoms with Crippen LogP contribution in [-0.2, 0) is 4.79 Å². The molecule has 4 nitrogen and oxygen atoms in total. The Morgan fingerprint density at radius 2 is 1.83 bits per heavy atom. The van der Waals surface area contributed by atoms with Gasteiger partial charge in [-0.2, -0.15) is 5.26 Å². The minimum absolute atomic E-state index is 0.190. The molecule has 2 rings (SSSR count). The zero-order chi connectivity index (χ0) is 17.7. The average Bonchev–Trinajstić information content (AvgIpc) is 2.55. The van der Waals surface area contributed by atoms with E-state index in [4.69, 9.17) is 10.00 Å². The lowest BCUT2D eigenvalue weighted by molar-refractivity contribution is -0.127. The van der Waals surface area contributed by atoms with Crippen LogP contribution in [0.4, 0.5) is 8.78 Å². The van der Waals surface area contributed by atoms with Gasteiger partial charge in [-0.1, -0.05) is 6.07 Å². The number of ether oxygens (including phenoxy) is 1. The molecule has 0 bridgehead atoms. The number of nitrogens with zero attached hydrogens (tertiary/aromatic N) is 1. The summed E-state index contributed by atoms with van der Waals surface area (Å²) in [5, 5.41) is 11.4. The number of carbonyl (C=O) groups excluding carboxylic acids is 1. The van der Waals surface area contributed by atoms with Gasteiger partial charge >= 0.3 is 0 Å².